The highest BCUT2D eigenvalue weighted by molar-refractivity contribution is 6.30. The zero-order chi connectivity index (χ0) is 13.2. The average molecular weight is 266 g/mol. The molecule has 0 bridgehead atoms. The van der Waals surface area contributed by atoms with Crippen LogP contribution >= 0.6 is 11.6 Å². The third-order valence-electron chi connectivity index (χ3n) is 4.49. The smallest absolute Gasteiger partial charge is 0.0406 e. The third kappa shape index (κ3) is 3.27. The van der Waals surface area contributed by atoms with Crippen LogP contribution in [0.4, 0.5) is 0 Å². The highest BCUT2D eigenvalue weighted by Gasteiger charge is 2.35. The van der Waals surface area contributed by atoms with Gasteiger partial charge in [-0.25, -0.2) is 0 Å². The highest BCUT2D eigenvalue weighted by Crippen LogP contribution is 2.42. The van der Waals surface area contributed by atoms with Gasteiger partial charge in [0.05, 0.1) is 0 Å². The number of hydrogen-bond acceptors (Lipinski definition) is 1. The maximum Gasteiger partial charge on any atom is 0.0406 e. The van der Waals surface area contributed by atoms with Crippen molar-refractivity contribution in [2.75, 3.05) is 0 Å². The Bertz CT molecular complexity index is 383. The molecule has 1 aromatic carbocycles. The molecule has 0 saturated heterocycles. The molecular formula is C16H24ClN. The van der Waals surface area contributed by atoms with Gasteiger partial charge in [-0.15, -0.1) is 0 Å². The van der Waals surface area contributed by atoms with Crippen LogP contribution in [0.5, 0.6) is 0 Å². The van der Waals surface area contributed by atoms with Crippen LogP contribution in [0.25, 0.3) is 0 Å². The maximum atomic E-state index is 6.46. The van der Waals surface area contributed by atoms with E-state index in [2.05, 4.69) is 26.0 Å². The Morgan fingerprint density at radius 1 is 1.28 bits per heavy atom. The Balaban J connectivity index is 2.02. The molecule has 1 aromatic rings. The van der Waals surface area contributed by atoms with Crippen LogP contribution in [0.3, 0.4) is 0 Å². The Morgan fingerprint density at radius 2 is 1.94 bits per heavy atom. The molecule has 0 spiro atoms. The Morgan fingerprint density at radius 3 is 2.56 bits per heavy atom. The van der Waals surface area contributed by atoms with Crippen LogP contribution in [0.2, 0.25) is 5.02 Å². The minimum absolute atomic E-state index is 0.265. The van der Waals surface area contributed by atoms with Gasteiger partial charge in [0.15, 0.2) is 0 Å². The van der Waals surface area contributed by atoms with Gasteiger partial charge >= 0.3 is 0 Å². The van der Waals surface area contributed by atoms with Crippen molar-refractivity contribution in [1.82, 2.24) is 0 Å². The lowest BCUT2D eigenvalue weighted by atomic mass is 9.65. The zero-order valence-corrected chi connectivity index (χ0v) is 12.2. The lowest BCUT2D eigenvalue weighted by Crippen LogP contribution is -2.42. The molecular weight excluding hydrogens is 242 g/mol. The first-order valence-corrected chi connectivity index (χ1v) is 7.37. The summed E-state index contributed by atoms with van der Waals surface area (Å²) in [6, 6.07) is 8.36. The van der Waals surface area contributed by atoms with Crippen molar-refractivity contribution in [1.29, 1.82) is 0 Å². The molecule has 2 atom stereocenters. The molecule has 1 fully saturated rings. The first kappa shape index (κ1) is 13.9. The predicted octanol–water partition coefficient (Wildman–Crippen LogP) is 4.43. The molecule has 2 rings (SSSR count). The molecule has 1 nitrogen and oxygen atoms in total. The van der Waals surface area contributed by atoms with Gasteiger partial charge in [-0.2, -0.15) is 0 Å². The van der Waals surface area contributed by atoms with Crippen molar-refractivity contribution in [3.63, 3.8) is 0 Å². The molecule has 2 heteroatoms. The van der Waals surface area contributed by atoms with Gasteiger partial charge in [-0.05, 0) is 48.3 Å². The van der Waals surface area contributed by atoms with Crippen LogP contribution in [-0.4, -0.2) is 6.04 Å². The van der Waals surface area contributed by atoms with Gasteiger partial charge in [-0.1, -0.05) is 50.4 Å². The molecule has 1 aliphatic carbocycles. The van der Waals surface area contributed by atoms with Gasteiger partial charge in [0, 0.05) is 11.1 Å². The molecule has 0 aliphatic heterocycles. The van der Waals surface area contributed by atoms with Crippen LogP contribution in [0.15, 0.2) is 24.3 Å². The van der Waals surface area contributed by atoms with E-state index in [0.717, 1.165) is 11.4 Å². The molecule has 1 saturated carbocycles. The van der Waals surface area contributed by atoms with E-state index >= 15 is 0 Å². The molecule has 0 aromatic heterocycles. The number of nitrogens with two attached hydrogens (primary N) is 1. The van der Waals surface area contributed by atoms with E-state index < -0.39 is 0 Å². The summed E-state index contributed by atoms with van der Waals surface area (Å²) in [6.45, 7) is 4.75. The van der Waals surface area contributed by atoms with Gasteiger partial charge in [0.25, 0.3) is 0 Å². The van der Waals surface area contributed by atoms with Crippen LogP contribution in [0.1, 0.15) is 45.1 Å². The fourth-order valence-corrected chi connectivity index (χ4v) is 3.48. The van der Waals surface area contributed by atoms with Gasteiger partial charge in [0.1, 0.15) is 0 Å². The summed E-state index contributed by atoms with van der Waals surface area (Å²) in [7, 11) is 0. The summed E-state index contributed by atoms with van der Waals surface area (Å²) in [4.78, 5) is 0. The first-order valence-electron chi connectivity index (χ1n) is 6.99. The second-order valence-electron chi connectivity index (χ2n) is 6.34. The lowest BCUT2D eigenvalue weighted by molar-refractivity contribution is 0.112. The molecule has 100 valence electrons. The largest absolute Gasteiger partial charge is 0.327 e. The van der Waals surface area contributed by atoms with E-state index in [0.29, 0.717) is 11.3 Å². The minimum atomic E-state index is 0.265. The SMILES string of the molecule is CC1(C)CCCCC1C(N)Cc1ccc(Cl)cc1. The average Bonchev–Trinajstić information content (AvgIpc) is 2.31. The molecule has 2 unspecified atom stereocenters. The van der Waals surface area contributed by atoms with Crippen LogP contribution in [0, 0.1) is 11.3 Å². The summed E-state index contributed by atoms with van der Waals surface area (Å²) < 4.78 is 0. The van der Waals surface area contributed by atoms with Crippen molar-refractivity contribution >= 4 is 11.6 Å². The van der Waals surface area contributed by atoms with E-state index in [-0.39, 0.29) is 6.04 Å². The van der Waals surface area contributed by atoms with Crippen molar-refractivity contribution in [3.8, 4) is 0 Å². The minimum Gasteiger partial charge on any atom is -0.327 e. The molecule has 0 heterocycles. The monoisotopic (exact) mass is 265 g/mol. The van der Waals surface area contributed by atoms with Gasteiger partial charge in [-0.3, -0.25) is 0 Å². The predicted molar refractivity (Wildman–Crippen MR) is 78.9 cm³/mol. The van der Waals surface area contributed by atoms with E-state index in [1.165, 1.54) is 31.2 Å². The second-order valence-corrected chi connectivity index (χ2v) is 6.77. The van der Waals surface area contributed by atoms with Crippen molar-refractivity contribution < 1.29 is 0 Å². The Hall–Kier alpha value is -0.530. The van der Waals surface area contributed by atoms with Crippen LogP contribution in [-0.2, 0) is 6.42 Å². The first-order chi connectivity index (χ1) is 8.49. The van der Waals surface area contributed by atoms with E-state index in [9.17, 15) is 0 Å². The lowest BCUT2D eigenvalue weighted by Gasteiger charge is -2.42. The molecule has 2 N–H and O–H groups in total. The standard InChI is InChI=1S/C16H24ClN/c1-16(2)10-4-3-5-14(16)15(18)11-12-6-8-13(17)9-7-12/h6-9,14-15H,3-5,10-11,18H2,1-2H3. The van der Waals surface area contributed by atoms with Crippen LogP contribution < -0.4 is 5.73 Å². The normalized spacial score (nSPS) is 24.8. The number of rotatable bonds is 3. The molecule has 0 radical (unpaired) electrons. The third-order valence-corrected chi connectivity index (χ3v) is 4.74. The van der Waals surface area contributed by atoms with E-state index in [1.807, 2.05) is 12.1 Å². The number of halogens is 1. The Labute approximate surface area is 116 Å². The molecule has 0 amide bonds. The van der Waals surface area contributed by atoms with Gasteiger partial charge in [0.2, 0.25) is 0 Å². The molecule has 18 heavy (non-hydrogen) atoms. The zero-order valence-electron chi connectivity index (χ0n) is 11.5. The quantitative estimate of drug-likeness (QED) is 0.860. The summed E-state index contributed by atoms with van der Waals surface area (Å²) in [6.07, 6.45) is 6.25. The fourth-order valence-electron chi connectivity index (χ4n) is 3.35. The van der Waals surface area contributed by atoms with Crippen molar-refractivity contribution in [3.05, 3.63) is 34.9 Å². The van der Waals surface area contributed by atoms with Crippen molar-refractivity contribution in [2.45, 2.75) is 52.0 Å². The van der Waals surface area contributed by atoms with E-state index in [4.69, 9.17) is 17.3 Å². The highest BCUT2D eigenvalue weighted by atomic mass is 35.5. The summed E-state index contributed by atoms with van der Waals surface area (Å²) >= 11 is 5.91. The summed E-state index contributed by atoms with van der Waals surface area (Å²) in [5.41, 5.74) is 8.15. The van der Waals surface area contributed by atoms with Crippen molar-refractivity contribution in [2.24, 2.45) is 17.1 Å². The maximum absolute atomic E-state index is 6.46. The second kappa shape index (κ2) is 5.63. The summed E-state index contributed by atoms with van der Waals surface area (Å²) in [5.74, 6) is 0.641. The summed E-state index contributed by atoms with van der Waals surface area (Å²) in [5, 5.41) is 0.797. The fraction of sp³-hybridized carbons (Fsp3) is 0.625. The topological polar surface area (TPSA) is 26.0 Å². The number of benzene rings is 1. The molecule has 1 aliphatic rings. The number of hydrogen-bond donors (Lipinski definition) is 1. The Kier molecular flexibility index (Phi) is 4.34. The van der Waals surface area contributed by atoms with Gasteiger partial charge < -0.3 is 5.73 Å². The van der Waals surface area contributed by atoms with E-state index in [1.54, 1.807) is 0 Å².